The largest absolute Gasteiger partial charge is 0.382 e. The van der Waals surface area contributed by atoms with Gasteiger partial charge in [-0.05, 0) is 23.3 Å². The number of nitrogen functional groups attached to an aromatic ring is 1. The van der Waals surface area contributed by atoms with Gasteiger partial charge in [0.2, 0.25) is 0 Å². The van der Waals surface area contributed by atoms with Crippen molar-refractivity contribution in [2.75, 3.05) is 5.73 Å². The maximum absolute atomic E-state index is 6.25. The Labute approximate surface area is 116 Å². The number of rotatable bonds is 1. The van der Waals surface area contributed by atoms with Gasteiger partial charge in [-0.3, -0.25) is 0 Å². The Morgan fingerprint density at radius 1 is 1.05 bits per heavy atom. The van der Waals surface area contributed by atoms with Crippen LogP contribution in [-0.4, -0.2) is 9.97 Å². The maximum Gasteiger partial charge on any atom is 0.146 e. The van der Waals surface area contributed by atoms with Crippen LogP contribution in [0.15, 0.2) is 42.7 Å². The second kappa shape index (κ2) is 4.52. The summed E-state index contributed by atoms with van der Waals surface area (Å²) >= 11 is 6.25. The lowest BCUT2D eigenvalue weighted by molar-refractivity contribution is 1.18. The van der Waals surface area contributed by atoms with Crippen molar-refractivity contribution in [1.82, 2.24) is 9.97 Å². The molecule has 3 nitrogen and oxygen atoms in total. The zero-order valence-corrected chi connectivity index (χ0v) is 11.1. The minimum absolute atomic E-state index is 0.305. The normalized spacial score (nSPS) is 10.8. The Balaban J connectivity index is 2.42. The predicted octanol–water partition coefficient (Wildman–Crippen LogP) is 3.84. The van der Waals surface area contributed by atoms with Crippen LogP contribution < -0.4 is 5.73 Å². The number of halogens is 1. The molecule has 0 radical (unpaired) electrons. The second-order valence-electron chi connectivity index (χ2n) is 4.40. The molecule has 94 valence electrons. The summed E-state index contributed by atoms with van der Waals surface area (Å²) in [6, 6.07) is 12.3. The Hall–Kier alpha value is -2.13. The summed E-state index contributed by atoms with van der Waals surface area (Å²) in [6.07, 6.45) is 1.44. The van der Waals surface area contributed by atoms with Crippen LogP contribution in [0.2, 0.25) is 5.02 Å². The van der Waals surface area contributed by atoms with Crippen LogP contribution >= 0.6 is 11.6 Å². The third-order valence-electron chi connectivity index (χ3n) is 3.19. The van der Waals surface area contributed by atoms with Crippen LogP contribution in [0.5, 0.6) is 0 Å². The quantitative estimate of drug-likeness (QED) is 0.730. The molecule has 2 aromatic carbocycles. The number of aromatic nitrogens is 2. The highest BCUT2D eigenvalue weighted by atomic mass is 35.5. The van der Waals surface area contributed by atoms with Gasteiger partial charge in [0, 0.05) is 5.56 Å². The monoisotopic (exact) mass is 269 g/mol. The van der Waals surface area contributed by atoms with Crippen molar-refractivity contribution in [1.29, 1.82) is 0 Å². The minimum atomic E-state index is 0.305. The second-order valence-corrected chi connectivity index (χ2v) is 4.78. The van der Waals surface area contributed by atoms with Gasteiger partial charge in [0.1, 0.15) is 17.2 Å². The van der Waals surface area contributed by atoms with Gasteiger partial charge < -0.3 is 5.73 Å². The fourth-order valence-corrected chi connectivity index (χ4v) is 2.44. The highest BCUT2D eigenvalue weighted by Gasteiger charge is 2.14. The molecule has 0 aliphatic rings. The number of benzene rings is 2. The average Bonchev–Trinajstić information content (AvgIpc) is 2.43. The van der Waals surface area contributed by atoms with Crippen molar-refractivity contribution in [3.63, 3.8) is 0 Å². The van der Waals surface area contributed by atoms with Gasteiger partial charge in [0.25, 0.3) is 0 Å². The molecule has 3 aromatic rings. The molecular formula is C15H12ClN3. The molecular weight excluding hydrogens is 258 g/mol. The minimum Gasteiger partial charge on any atom is -0.382 e. The van der Waals surface area contributed by atoms with E-state index < -0.39 is 0 Å². The number of hydrogen-bond acceptors (Lipinski definition) is 3. The summed E-state index contributed by atoms with van der Waals surface area (Å²) in [5.74, 6) is 0.305. The molecule has 0 amide bonds. The van der Waals surface area contributed by atoms with Crippen molar-refractivity contribution in [2.24, 2.45) is 0 Å². The van der Waals surface area contributed by atoms with Crippen molar-refractivity contribution in [3.8, 4) is 11.3 Å². The Kier molecular flexibility index (Phi) is 2.84. The molecule has 3 rings (SSSR count). The molecule has 0 fully saturated rings. The van der Waals surface area contributed by atoms with Crippen LogP contribution in [0, 0.1) is 6.92 Å². The van der Waals surface area contributed by atoms with Crippen LogP contribution in [0.3, 0.4) is 0 Å². The molecule has 0 spiro atoms. The van der Waals surface area contributed by atoms with Crippen LogP contribution in [0.25, 0.3) is 22.0 Å². The van der Waals surface area contributed by atoms with Crippen molar-refractivity contribution in [3.05, 3.63) is 53.3 Å². The van der Waals surface area contributed by atoms with E-state index in [9.17, 15) is 0 Å². The lowest BCUT2D eigenvalue weighted by Crippen LogP contribution is -1.97. The molecule has 0 saturated carbocycles. The third kappa shape index (κ3) is 1.92. The first-order chi connectivity index (χ1) is 9.18. The van der Waals surface area contributed by atoms with Crippen molar-refractivity contribution < 1.29 is 0 Å². The number of hydrogen-bond donors (Lipinski definition) is 1. The lowest BCUT2D eigenvalue weighted by Gasteiger charge is -2.11. The first-order valence-electron chi connectivity index (χ1n) is 5.93. The summed E-state index contributed by atoms with van der Waals surface area (Å²) in [7, 11) is 0. The summed E-state index contributed by atoms with van der Waals surface area (Å²) in [5.41, 5.74) is 8.57. The van der Waals surface area contributed by atoms with Crippen molar-refractivity contribution >= 4 is 28.2 Å². The molecule has 0 unspecified atom stereocenters. The van der Waals surface area contributed by atoms with Gasteiger partial charge in [-0.1, -0.05) is 48.0 Å². The summed E-state index contributed by atoms with van der Waals surface area (Å²) in [4.78, 5) is 8.21. The molecule has 2 N–H and O–H groups in total. The zero-order valence-electron chi connectivity index (χ0n) is 10.4. The smallest absolute Gasteiger partial charge is 0.146 e. The number of nitrogens with two attached hydrogens (primary N) is 1. The van der Waals surface area contributed by atoms with Gasteiger partial charge in [-0.25, -0.2) is 9.97 Å². The highest BCUT2D eigenvalue weighted by Crippen LogP contribution is 2.35. The van der Waals surface area contributed by atoms with E-state index in [2.05, 4.69) is 34.2 Å². The van der Waals surface area contributed by atoms with Crippen LogP contribution in [0.4, 0.5) is 5.82 Å². The van der Waals surface area contributed by atoms with Crippen LogP contribution in [0.1, 0.15) is 5.56 Å². The first kappa shape index (κ1) is 11.9. The van der Waals surface area contributed by atoms with E-state index in [1.54, 1.807) is 0 Å². The van der Waals surface area contributed by atoms with Gasteiger partial charge in [0.05, 0.1) is 5.69 Å². The molecule has 0 aliphatic carbocycles. The van der Waals surface area contributed by atoms with Gasteiger partial charge in [-0.15, -0.1) is 0 Å². The Morgan fingerprint density at radius 2 is 1.84 bits per heavy atom. The molecule has 0 atom stereocenters. The summed E-state index contributed by atoms with van der Waals surface area (Å²) in [5, 5.41) is 2.67. The third-order valence-corrected chi connectivity index (χ3v) is 3.56. The molecule has 0 saturated heterocycles. The fourth-order valence-electron chi connectivity index (χ4n) is 2.25. The fraction of sp³-hybridized carbons (Fsp3) is 0.0667. The van der Waals surface area contributed by atoms with Gasteiger partial charge in [-0.2, -0.15) is 0 Å². The highest BCUT2D eigenvalue weighted by molar-refractivity contribution is 6.35. The number of nitrogens with zero attached hydrogens (tertiary/aromatic N) is 2. The van der Waals surface area contributed by atoms with E-state index in [1.807, 2.05) is 19.1 Å². The van der Waals surface area contributed by atoms with E-state index in [1.165, 1.54) is 6.33 Å². The summed E-state index contributed by atoms with van der Waals surface area (Å²) in [6.45, 7) is 2.04. The average molecular weight is 270 g/mol. The van der Waals surface area contributed by atoms with E-state index in [0.29, 0.717) is 16.5 Å². The molecule has 4 heteroatoms. The van der Waals surface area contributed by atoms with E-state index >= 15 is 0 Å². The van der Waals surface area contributed by atoms with Gasteiger partial charge >= 0.3 is 0 Å². The molecule has 1 heterocycles. The number of aryl methyl sites for hydroxylation is 1. The number of anilines is 1. The Bertz CT molecular complexity index is 768. The molecule has 1 aromatic heterocycles. The standard InChI is InChI=1S/C15H12ClN3/c1-9-6-7-10-4-2-3-5-11(10)12(9)14-13(16)15(17)19-8-18-14/h2-8H,1H3,(H2,17,18,19). The van der Waals surface area contributed by atoms with Gasteiger partial charge in [0.15, 0.2) is 0 Å². The topological polar surface area (TPSA) is 51.8 Å². The predicted molar refractivity (Wildman–Crippen MR) is 79.1 cm³/mol. The SMILES string of the molecule is Cc1ccc2ccccc2c1-c1ncnc(N)c1Cl. The molecule has 0 aliphatic heterocycles. The zero-order chi connectivity index (χ0) is 13.4. The van der Waals surface area contributed by atoms with Crippen molar-refractivity contribution in [2.45, 2.75) is 6.92 Å². The maximum atomic E-state index is 6.25. The molecule has 19 heavy (non-hydrogen) atoms. The number of fused-ring (bicyclic) bond motifs is 1. The Morgan fingerprint density at radius 3 is 2.68 bits per heavy atom. The molecule has 0 bridgehead atoms. The van der Waals surface area contributed by atoms with Crippen LogP contribution in [-0.2, 0) is 0 Å². The van der Waals surface area contributed by atoms with E-state index in [4.69, 9.17) is 17.3 Å². The lowest BCUT2D eigenvalue weighted by atomic mass is 9.97. The summed E-state index contributed by atoms with van der Waals surface area (Å²) < 4.78 is 0. The van der Waals surface area contributed by atoms with E-state index in [0.717, 1.165) is 21.9 Å². The van der Waals surface area contributed by atoms with E-state index in [-0.39, 0.29) is 0 Å². The first-order valence-corrected chi connectivity index (χ1v) is 6.31.